The van der Waals surface area contributed by atoms with Gasteiger partial charge in [-0.2, -0.15) is 13.2 Å². The lowest BCUT2D eigenvalue weighted by atomic mass is 9.99. The van der Waals surface area contributed by atoms with Gasteiger partial charge in [0.15, 0.2) is 0 Å². The van der Waals surface area contributed by atoms with Gasteiger partial charge in [-0.25, -0.2) is 8.78 Å². The molecule has 0 atom stereocenters. The van der Waals surface area contributed by atoms with E-state index in [1.807, 2.05) is 0 Å². The molecular weight excluding hydrogens is 361 g/mol. The number of nitrogens with one attached hydrogen (secondary N) is 1. The summed E-state index contributed by atoms with van der Waals surface area (Å²) in [7, 11) is 0. The lowest BCUT2D eigenvalue weighted by Gasteiger charge is -2.13. The van der Waals surface area contributed by atoms with Gasteiger partial charge in [-0.1, -0.05) is 30.3 Å². The van der Waals surface area contributed by atoms with Gasteiger partial charge in [-0.15, -0.1) is 0 Å². The van der Waals surface area contributed by atoms with Crippen molar-refractivity contribution in [1.29, 1.82) is 0 Å². The highest BCUT2D eigenvalue weighted by atomic mass is 19.4. The Hall–Kier alpha value is -2.89. The Balaban J connectivity index is 1.78. The Morgan fingerprint density at radius 1 is 0.815 bits per heavy atom. The molecule has 0 heterocycles. The standard InChI is InChI=1S/C21H16F5N/c1-13-5-6-15(11-18(13)21(24,25)26)14-7-9-16(10-8-14)27-12-17-19(22)3-2-4-20(17)23/h2-11,27H,12H2,1H3. The number of anilines is 1. The van der Waals surface area contributed by atoms with Crippen LogP contribution in [0.1, 0.15) is 16.7 Å². The Morgan fingerprint density at radius 2 is 1.41 bits per heavy atom. The monoisotopic (exact) mass is 377 g/mol. The number of benzene rings is 3. The molecule has 0 radical (unpaired) electrons. The molecule has 6 heteroatoms. The summed E-state index contributed by atoms with van der Waals surface area (Å²) in [6.07, 6.45) is -4.41. The van der Waals surface area contributed by atoms with Crippen molar-refractivity contribution in [2.75, 3.05) is 5.32 Å². The third kappa shape index (κ3) is 4.27. The van der Waals surface area contributed by atoms with E-state index in [0.29, 0.717) is 16.8 Å². The van der Waals surface area contributed by atoms with Crippen molar-refractivity contribution in [3.8, 4) is 11.1 Å². The summed E-state index contributed by atoms with van der Waals surface area (Å²) in [6.45, 7) is 1.38. The summed E-state index contributed by atoms with van der Waals surface area (Å²) < 4.78 is 66.5. The van der Waals surface area contributed by atoms with E-state index in [1.54, 1.807) is 30.3 Å². The lowest BCUT2D eigenvalue weighted by molar-refractivity contribution is -0.138. The van der Waals surface area contributed by atoms with Gasteiger partial charge in [0, 0.05) is 17.8 Å². The first kappa shape index (κ1) is 18.9. The van der Waals surface area contributed by atoms with Crippen molar-refractivity contribution < 1.29 is 22.0 Å². The minimum absolute atomic E-state index is 0.0411. The Kier molecular flexibility index (Phi) is 5.17. The molecule has 0 aliphatic carbocycles. The summed E-state index contributed by atoms with van der Waals surface area (Å²) in [4.78, 5) is 0. The van der Waals surface area contributed by atoms with Gasteiger partial charge in [-0.3, -0.25) is 0 Å². The molecule has 0 aromatic heterocycles. The van der Waals surface area contributed by atoms with Crippen LogP contribution in [0.5, 0.6) is 0 Å². The van der Waals surface area contributed by atoms with Crippen molar-refractivity contribution in [2.24, 2.45) is 0 Å². The molecule has 0 aliphatic rings. The molecule has 3 aromatic carbocycles. The number of alkyl halides is 3. The van der Waals surface area contributed by atoms with Crippen LogP contribution in [0.25, 0.3) is 11.1 Å². The summed E-state index contributed by atoms with van der Waals surface area (Å²) in [6, 6.07) is 14.5. The molecular formula is C21H16F5N. The van der Waals surface area contributed by atoms with Crippen LogP contribution in [0.3, 0.4) is 0 Å². The van der Waals surface area contributed by atoms with E-state index in [2.05, 4.69) is 5.32 Å². The molecule has 3 aromatic rings. The van der Waals surface area contributed by atoms with Crippen molar-refractivity contribution in [1.82, 2.24) is 0 Å². The Morgan fingerprint density at radius 3 is 2.00 bits per heavy atom. The molecule has 0 saturated carbocycles. The fourth-order valence-electron chi connectivity index (χ4n) is 2.78. The van der Waals surface area contributed by atoms with Crippen LogP contribution in [0, 0.1) is 18.6 Å². The van der Waals surface area contributed by atoms with Crippen molar-refractivity contribution in [2.45, 2.75) is 19.6 Å². The molecule has 27 heavy (non-hydrogen) atoms. The molecule has 0 saturated heterocycles. The van der Waals surface area contributed by atoms with Gasteiger partial charge >= 0.3 is 6.18 Å². The minimum atomic E-state index is -4.41. The maximum atomic E-state index is 13.6. The van der Waals surface area contributed by atoms with Gasteiger partial charge in [-0.05, 0) is 53.9 Å². The first-order chi connectivity index (χ1) is 12.8. The van der Waals surface area contributed by atoms with Crippen LogP contribution in [-0.2, 0) is 12.7 Å². The average molecular weight is 377 g/mol. The highest BCUT2D eigenvalue weighted by Crippen LogP contribution is 2.34. The quantitative estimate of drug-likeness (QED) is 0.507. The summed E-state index contributed by atoms with van der Waals surface area (Å²) in [5.74, 6) is -1.28. The zero-order valence-electron chi connectivity index (χ0n) is 14.4. The number of aryl methyl sites for hydroxylation is 1. The van der Waals surface area contributed by atoms with Crippen LogP contribution < -0.4 is 5.32 Å². The Bertz CT molecular complexity index is 926. The molecule has 0 spiro atoms. The maximum absolute atomic E-state index is 13.6. The van der Waals surface area contributed by atoms with E-state index in [-0.39, 0.29) is 17.7 Å². The number of hydrogen-bond acceptors (Lipinski definition) is 1. The first-order valence-corrected chi connectivity index (χ1v) is 8.21. The molecule has 140 valence electrons. The van der Waals surface area contributed by atoms with Gasteiger partial charge in [0.2, 0.25) is 0 Å². The normalized spacial score (nSPS) is 11.5. The van der Waals surface area contributed by atoms with E-state index in [0.717, 1.165) is 6.07 Å². The first-order valence-electron chi connectivity index (χ1n) is 8.21. The number of hydrogen-bond donors (Lipinski definition) is 1. The lowest BCUT2D eigenvalue weighted by Crippen LogP contribution is -2.07. The third-order valence-corrected chi connectivity index (χ3v) is 4.29. The fourth-order valence-corrected chi connectivity index (χ4v) is 2.78. The van der Waals surface area contributed by atoms with Crippen LogP contribution >= 0.6 is 0 Å². The zero-order chi connectivity index (χ0) is 19.6. The van der Waals surface area contributed by atoms with E-state index in [4.69, 9.17) is 0 Å². The number of halogens is 5. The average Bonchev–Trinajstić information content (AvgIpc) is 2.61. The Labute approximate surface area is 153 Å². The molecule has 1 nitrogen and oxygen atoms in total. The summed E-state index contributed by atoms with van der Waals surface area (Å²) in [5, 5.41) is 2.91. The fraction of sp³-hybridized carbons (Fsp3) is 0.143. The second kappa shape index (κ2) is 7.39. The second-order valence-corrected chi connectivity index (χ2v) is 6.16. The molecule has 0 unspecified atom stereocenters. The second-order valence-electron chi connectivity index (χ2n) is 6.16. The predicted octanol–water partition coefficient (Wildman–Crippen LogP) is 6.57. The largest absolute Gasteiger partial charge is 0.416 e. The summed E-state index contributed by atoms with van der Waals surface area (Å²) >= 11 is 0. The van der Waals surface area contributed by atoms with Crippen molar-refractivity contribution in [3.63, 3.8) is 0 Å². The molecule has 0 aliphatic heterocycles. The number of rotatable bonds is 4. The highest BCUT2D eigenvalue weighted by molar-refractivity contribution is 5.67. The van der Waals surface area contributed by atoms with E-state index in [1.165, 1.54) is 31.2 Å². The smallest absolute Gasteiger partial charge is 0.381 e. The zero-order valence-corrected chi connectivity index (χ0v) is 14.4. The maximum Gasteiger partial charge on any atom is 0.416 e. The molecule has 0 amide bonds. The predicted molar refractivity (Wildman–Crippen MR) is 95.3 cm³/mol. The van der Waals surface area contributed by atoms with Crippen LogP contribution in [-0.4, -0.2) is 0 Å². The molecule has 1 N–H and O–H groups in total. The van der Waals surface area contributed by atoms with Gasteiger partial charge < -0.3 is 5.32 Å². The van der Waals surface area contributed by atoms with E-state index < -0.39 is 23.4 Å². The minimum Gasteiger partial charge on any atom is -0.381 e. The summed E-state index contributed by atoms with van der Waals surface area (Å²) in [5.41, 5.74) is 1.08. The SMILES string of the molecule is Cc1ccc(-c2ccc(NCc3c(F)cccc3F)cc2)cc1C(F)(F)F. The van der Waals surface area contributed by atoms with Gasteiger partial charge in [0.25, 0.3) is 0 Å². The third-order valence-electron chi connectivity index (χ3n) is 4.29. The topological polar surface area (TPSA) is 12.0 Å². The van der Waals surface area contributed by atoms with Crippen molar-refractivity contribution >= 4 is 5.69 Å². The molecule has 0 bridgehead atoms. The van der Waals surface area contributed by atoms with Crippen molar-refractivity contribution in [3.05, 3.63) is 89.0 Å². The van der Waals surface area contributed by atoms with E-state index in [9.17, 15) is 22.0 Å². The molecule has 0 fully saturated rings. The van der Waals surface area contributed by atoms with Crippen LogP contribution in [0.15, 0.2) is 60.7 Å². The molecule has 3 rings (SSSR count). The van der Waals surface area contributed by atoms with Crippen LogP contribution in [0.2, 0.25) is 0 Å². The highest BCUT2D eigenvalue weighted by Gasteiger charge is 2.32. The van der Waals surface area contributed by atoms with E-state index >= 15 is 0 Å². The van der Waals surface area contributed by atoms with Gasteiger partial charge in [0.05, 0.1) is 5.56 Å². The van der Waals surface area contributed by atoms with Gasteiger partial charge in [0.1, 0.15) is 11.6 Å². The van der Waals surface area contributed by atoms with Crippen LogP contribution in [0.4, 0.5) is 27.6 Å².